The standard InChI is InChI=1S/C15H15NO4/c17-14-5-6-15(18)16(14)12-3-1-2-4-13(12)20-11-7-9-19-10-8-11/h1-6,11H,7-10H2. The van der Waals surface area contributed by atoms with Crippen molar-refractivity contribution in [2.45, 2.75) is 18.9 Å². The average molecular weight is 273 g/mol. The maximum atomic E-state index is 11.8. The van der Waals surface area contributed by atoms with Crippen LogP contribution in [0.25, 0.3) is 0 Å². The minimum Gasteiger partial charge on any atom is -0.488 e. The van der Waals surface area contributed by atoms with Crippen LogP contribution in [0.2, 0.25) is 0 Å². The molecular weight excluding hydrogens is 258 g/mol. The first kappa shape index (κ1) is 12.9. The zero-order valence-electron chi connectivity index (χ0n) is 11.0. The molecule has 0 aliphatic carbocycles. The number of amides is 2. The van der Waals surface area contributed by atoms with Gasteiger partial charge in [0.25, 0.3) is 11.8 Å². The van der Waals surface area contributed by atoms with E-state index in [1.165, 1.54) is 12.2 Å². The Morgan fingerprint density at radius 3 is 2.40 bits per heavy atom. The molecule has 1 fully saturated rings. The van der Waals surface area contributed by atoms with Gasteiger partial charge < -0.3 is 9.47 Å². The van der Waals surface area contributed by atoms with E-state index in [9.17, 15) is 9.59 Å². The molecule has 3 rings (SSSR count). The summed E-state index contributed by atoms with van der Waals surface area (Å²) in [5, 5.41) is 0. The maximum Gasteiger partial charge on any atom is 0.258 e. The van der Waals surface area contributed by atoms with Gasteiger partial charge in [-0.15, -0.1) is 0 Å². The summed E-state index contributed by atoms with van der Waals surface area (Å²) in [5.74, 6) is -0.110. The summed E-state index contributed by atoms with van der Waals surface area (Å²) in [5.41, 5.74) is 0.499. The molecule has 0 radical (unpaired) electrons. The van der Waals surface area contributed by atoms with E-state index in [4.69, 9.17) is 9.47 Å². The van der Waals surface area contributed by atoms with Crippen LogP contribution in [0.5, 0.6) is 5.75 Å². The molecule has 5 nitrogen and oxygen atoms in total. The lowest BCUT2D eigenvalue weighted by atomic mass is 10.1. The molecule has 0 aromatic heterocycles. The summed E-state index contributed by atoms with van der Waals surface area (Å²) in [7, 11) is 0. The van der Waals surface area contributed by atoms with E-state index in [0.717, 1.165) is 17.7 Å². The maximum absolute atomic E-state index is 11.8. The molecule has 5 heteroatoms. The van der Waals surface area contributed by atoms with Crippen molar-refractivity contribution in [3.8, 4) is 5.75 Å². The first-order valence-electron chi connectivity index (χ1n) is 6.65. The van der Waals surface area contributed by atoms with E-state index >= 15 is 0 Å². The van der Waals surface area contributed by atoms with Crippen LogP contribution in [0.1, 0.15) is 12.8 Å². The van der Waals surface area contributed by atoms with Gasteiger partial charge in [-0.05, 0) is 12.1 Å². The smallest absolute Gasteiger partial charge is 0.258 e. The lowest BCUT2D eigenvalue weighted by Crippen LogP contribution is -2.31. The molecule has 2 aliphatic rings. The molecule has 20 heavy (non-hydrogen) atoms. The number of hydrogen-bond donors (Lipinski definition) is 0. The Labute approximate surface area is 116 Å². The van der Waals surface area contributed by atoms with Crippen LogP contribution < -0.4 is 9.64 Å². The monoisotopic (exact) mass is 273 g/mol. The highest BCUT2D eigenvalue weighted by Crippen LogP contribution is 2.32. The quantitative estimate of drug-likeness (QED) is 0.786. The third-order valence-corrected chi connectivity index (χ3v) is 3.38. The van der Waals surface area contributed by atoms with Crippen LogP contribution in [-0.4, -0.2) is 31.1 Å². The number of carbonyl (C=O) groups is 2. The fourth-order valence-corrected chi connectivity index (χ4v) is 2.35. The van der Waals surface area contributed by atoms with Crippen LogP contribution >= 0.6 is 0 Å². The number of ether oxygens (including phenoxy) is 2. The molecule has 0 bridgehead atoms. The van der Waals surface area contributed by atoms with Crippen molar-refractivity contribution in [1.29, 1.82) is 0 Å². The second-order valence-corrected chi connectivity index (χ2v) is 4.74. The van der Waals surface area contributed by atoms with Crippen molar-refractivity contribution in [1.82, 2.24) is 0 Å². The van der Waals surface area contributed by atoms with Crippen LogP contribution in [0, 0.1) is 0 Å². The number of rotatable bonds is 3. The summed E-state index contributed by atoms with van der Waals surface area (Å²) in [6, 6.07) is 7.11. The molecule has 1 aromatic carbocycles. The Bertz CT molecular complexity index is 543. The van der Waals surface area contributed by atoms with Crippen molar-refractivity contribution in [2.75, 3.05) is 18.1 Å². The van der Waals surface area contributed by atoms with Crippen LogP contribution in [0.4, 0.5) is 5.69 Å². The first-order chi connectivity index (χ1) is 9.75. The second kappa shape index (κ2) is 5.46. The first-order valence-corrected chi connectivity index (χ1v) is 6.65. The molecule has 0 atom stereocenters. The zero-order chi connectivity index (χ0) is 13.9. The molecular formula is C15H15NO4. The molecule has 0 spiro atoms. The van der Waals surface area contributed by atoms with Gasteiger partial charge in [0.15, 0.2) is 0 Å². The largest absolute Gasteiger partial charge is 0.488 e. The number of anilines is 1. The van der Waals surface area contributed by atoms with Gasteiger partial charge in [0.2, 0.25) is 0 Å². The number of imide groups is 1. The summed E-state index contributed by atoms with van der Waals surface area (Å²) in [4.78, 5) is 24.7. The Morgan fingerprint density at radius 2 is 1.70 bits per heavy atom. The van der Waals surface area contributed by atoms with Crippen molar-refractivity contribution in [3.63, 3.8) is 0 Å². The van der Waals surface area contributed by atoms with Crippen LogP contribution in [-0.2, 0) is 14.3 Å². The molecule has 0 N–H and O–H groups in total. The number of hydrogen-bond acceptors (Lipinski definition) is 4. The van der Waals surface area contributed by atoms with E-state index in [-0.39, 0.29) is 17.9 Å². The van der Waals surface area contributed by atoms with Gasteiger partial charge in [-0.3, -0.25) is 9.59 Å². The highest BCUT2D eigenvalue weighted by molar-refractivity contribution is 6.28. The molecule has 2 aliphatic heterocycles. The Hall–Kier alpha value is -2.14. The molecule has 104 valence electrons. The minimum absolute atomic E-state index is 0.0608. The normalized spacial score (nSPS) is 19.7. The molecule has 2 heterocycles. The van der Waals surface area contributed by atoms with Crippen LogP contribution in [0.15, 0.2) is 36.4 Å². The highest BCUT2D eigenvalue weighted by Gasteiger charge is 2.28. The number of nitrogens with zero attached hydrogens (tertiary/aromatic N) is 1. The van der Waals surface area contributed by atoms with Gasteiger partial charge in [-0.25, -0.2) is 4.90 Å². The summed E-state index contributed by atoms with van der Waals surface area (Å²) in [6.07, 6.45) is 4.23. The van der Waals surface area contributed by atoms with Gasteiger partial charge in [0.1, 0.15) is 11.9 Å². The predicted octanol–water partition coefficient (Wildman–Crippen LogP) is 1.67. The molecule has 2 amide bonds. The summed E-state index contributed by atoms with van der Waals surface area (Å²) in [6.45, 7) is 1.35. The van der Waals surface area contributed by atoms with Crippen molar-refractivity contribution in [3.05, 3.63) is 36.4 Å². The minimum atomic E-state index is -0.335. The van der Waals surface area contributed by atoms with Crippen molar-refractivity contribution >= 4 is 17.5 Å². The topological polar surface area (TPSA) is 55.8 Å². The molecule has 0 saturated carbocycles. The Balaban J connectivity index is 1.84. The van der Waals surface area contributed by atoms with E-state index in [1.807, 2.05) is 6.07 Å². The van der Waals surface area contributed by atoms with Gasteiger partial charge in [-0.1, -0.05) is 12.1 Å². The third kappa shape index (κ3) is 2.44. The van der Waals surface area contributed by atoms with Gasteiger partial charge in [0, 0.05) is 25.0 Å². The zero-order valence-corrected chi connectivity index (χ0v) is 11.0. The van der Waals surface area contributed by atoms with Crippen molar-refractivity contribution < 1.29 is 19.1 Å². The van der Waals surface area contributed by atoms with E-state index in [1.54, 1.807) is 18.2 Å². The van der Waals surface area contributed by atoms with Gasteiger partial charge in [0.05, 0.1) is 18.9 Å². The fourth-order valence-electron chi connectivity index (χ4n) is 2.35. The Morgan fingerprint density at radius 1 is 1.05 bits per heavy atom. The second-order valence-electron chi connectivity index (χ2n) is 4.74. The lowest BCUT2D eigenvalue weighted by molar-refractivity contribution is -0.120. The molecule has 1 saturated heterocycles. The van der Waals surface area contributed by atoms with Crippen LogP contribution in [0.3, 0.4) is 0 Å². The Kier molecular flexibility index (Phi) is 3.52. The number of benzene rings is 1. The van der Waals surface area contributed by atoms with E-state index < -0.39 is 0 Å². The van der Waals surface area contributed by atoms with E-state index in [2.05, 4.69) is 0 Å². The SMILES string of the molecule is O=C1C=CC(=O)N1c1ccccc1OC1CCOCC1. The summed E-state index contributed by atoms with van der Waals surface area (Å²) < 4.78 is 11.2. The highest BCUT2D eigenvalue weighted by atomic mass is 16.5. The molecule has 0 unspecified atom stereocenters. The summed E-state index contributed by atoms with van der Waals surface area (Å²) >= 11 is 0. The lowest BCUT2D eigenvalue weighted by Gasteiger charge is -2.26. The van der Waals surface area contributed by atoms with E-state index in [0.29, 0.717) is 24.7 Å². The third-order valence-electron chi connectivity index (χ3n) is 3.38. The predicted molar refractivity (Wildman–Crippen MR) is 72.5 cm³/mol. The van der Waals surface area contributed by atoms with Gasteiger partial charge in [-0.2, -0.15) is 0 Å². The average Bonchev–Trinajstić information content (AvgIpc) is 2.80. The number of carbonyl (C=O) groups excluding carboxylic acids is 2. The fraction of sp³-hybridized carbons (Fsp3) is 0.333. The van der Waals surface area contributed by atoms with Gasteiger partial charge >= 0.3 is 0 Å². The molecule has 1 aromatic rings. The number of para-hydroxylation sites is 2. The van der Waals surface area contributed by atoms with Crippen molar-refractivity contribution in [2.24, 2.45) is 0 Å².